The van der Waals surface area contributed by atoms with Crippen molar-refractivity contribution in [1.82, 2.24) is 5.32 Å². The molecule has 0 fully saturated rings. The molecule has 110 valence electrons. The molecule has 1 rings (SSSR count). The summed E-state index contributed by atoms with van der Waals surface area (Å²) in [6.07, 6.45) is 0.229. The van der Waals surface area contributed by atoms with E-state index in [1.54, 1.807) is 25.1 Å². The van der Waals surface area contributed by atoms with Crippen molar-refractivity contribution >= 4 is 40.9 Å². The molecule has 0 bridgehead atoms. The Labute approximate surface area is 131 Å². The van der Waals surface area contributed by atoms with Gasteiger partial charge in [-0.25, -0.2) is 4.79 Å². The maximum atomic E-state index is 11.6. The van der Waals surface area contributed by atoms with E-state index in [0.29, 0.717) is 15.7 Å². The lowest BCUT2D eigenvalue weighted by atomic mass is 10.3. The summed E-state index contributed by atoms with van der Waals surface area (Å²) in [7, 11) is 0. The molecule has 1 aromatic rings. The largest absolute Gasteiger partial charge is 0.450 e. The third kappa shape index (κ3) is 5.34. The quantitative estimate of drug-likeness (QED) is 0.655. The van der Waals surface area contributed by atoms with Crippen molar-refractivity contribution in [3.05, 3.63) is 40.0 Å². The minimum Gasteiger partial charge on any atom is -0.450 e. The molecule has 0 atom stereocenters. The van der Waals surface area contributed by atoms with Crippen molar-refractivity contribution in [2.75, 3.05) is 11.9 Å². The van der Waals surface area contributed by atoms with Gasteiger partial charge >= 0.3 is 6.09 Å². The summed E-state index contributed by atoms with van der Waals surface area (Å²) >= 11 is 11.6. The molecule has 0 saturated heterocycles. The molecule has 0 radical (unpaired) electrons. The number of nitrogens with zero attached hydrogens (tertiary/aromatic N) is 1. The van der Waals surface area contributed by atoms with Crippen LogP contribution in [-0.2, 0) is 9.53 Å². The number of nitriles is 1. The number of imide groups is 1. The molecule has 21 heavy (non-hydrogen) atoms. The van der Waals surface area contributed by atoms with Gasteiger partial charge in [-0.2, -0.15) is 5.26 Å². The van der Waals surface area contributed by atoms with E-state index in [4.69, 9.17) is 28.5 Å². The maximum Gasteiger partial charge on any atom is 0.414 e. The number of rotatable bonds is 4. The monoisotopic (exact) mass is 327 g/mol. The lowest BCUT2D eigenvalue weighted by Gasteiger charge is -2.05. The number of alkyl carbamates (subject to hydrolysis) is 1. The number of benzene rings is 1. The number of halogens is 2. The summed E-state index contributed by atoms with van der Waals surface area (Å²) in [4.78, 5) is 22.7. The molecule has 0 saturated carbocycles. The summed E-state index contributed by atoms with van der Waals surface area (Å²) in [6, 6.07) is 6.37. The van der Waals surface area contributed by atoms with Crippen LogP contribution in [0.2, 0.25) is 10.0 Å². The van der Waals surface area contributed by atoms with Gasteiger partial charge in [-0.15, -0.1) is 0 Å². The molecule has 0 aliphatic heterocycles. The number of hydrogen-bond donors (Lipinski definition) is 2. The predicted molar refractivity (Wildman–Crippen MR) is 78.9 cm³/mol. The van der Waals surface area contributed by atoms with Gasteiger partial charge in [0.1, 0.15) is 11.6 Å². The Morgan fingerprint density at radius 1 is 1.38 bits per heavy atom. The van der Waals surface area contributed by atoms with Crippen LogP contribution >= 0.6 is 23.2 Å². The van der Waals surface area contributed by atoms with E-state index < -0.39 is 12.0 Å². The van der Waals surface area contributed by atoms with Gasteiger partial charge in [0, 0.05) is 11.9 Å². The topological polar surface area (TPSA) is 91.2 Å². The average Bonchev–Trinajstić information content (AvgIpc) is 2.43. The Morgan fingerprint density at radius 3 is 2.67 bits per heavy atom. The molecule has 0 unspecified atom stereocenters. The van der Waals surface area contributed by atoms with Crippen molar-refractivity contribution in [3.8, 4) is 6.07 Å². The van der Waals surface area contributed by atoms with Gasteiger partial charge in [0.05, 0.1) is 16.7 Å². The van der Waals surface area contributed by atoms with E-state index in [-0.39, 0.29) is 12.2 Å². The number of carbonyl (C=O) groups is 2. The van der Waals surface area contributed by atoms with E-state index in [1.807, 2.05) is 5.32 Å². The number of nitrogens with one attached hydrogen (secondary N) is 2. The SMILES string of the molecule is CCOC(=O)NC(=O)/C(C#N)=C\Nc1ccc(Cl)c(Cl)c1. The van der Waals surface area contributed by atoms with Crippen molar-refractivity contribution in [2.24, 2.45) is 0 Å². The van der Waals surface area contributed by atoms with Crippen LogP contribution < -0.4 is 10.6 Å². The molecule has 0 aliphatic rings. The molecule has 0 spiro atoms. The zero-order valence-corrected chi connectivity index (χ0v) is 12.5. The lowest BCUT2D eigenvalue weighted by Crippen LogP contribution is -2.32. The van der Waals surface area contributed by atoms with Gasteiger partial charge < -0.3 is 10.1 Å². The van der Waals surface area contributed by atoms with E-state index in [2.05, 4.69) is 10.1 Å². The van der Waals surface area contributed by atoms with Gasteiger partial charge in [0.2, 0.25) is 0 Å². The second kappa shape index (κ2) is 8.15. The van der Waals surface area contributed by atoms with Crippen LogP contribution in [0.3, 0.4) is 0 Å². The highest BCUT2D eigenvalue weighted by molar-refractivity contribution is 6.42. The third-order valence-corrected chi connectivity index (χ3v) is 2.90. The first-order valence-corrected chi connectivity index (χ1v) is 6.53. The lowest BCUT2D eigenvalue weighted by molar-refractivity contribution is -0.116. The fourth-order valence-corrected chi connectivity index (χ4v) is 1.52. The first kappa shape index (κ1) is 16.8. The van der Waals surface area contributed by atoms with Gasteiger partial charge in [0.15, 0.2) is 0 Å². The Bertz CT molecular complexity index is 624. The molecule has 2 N–H and O–H groups in total. The van der Waals surface area contributed by atoms with Crippen LogP contribution in [0.15, 0.2) is 30.0 Å². The average molecular weight is 328 g/mol. The minimum absolute atomic E-state index is 0.117. The normalized spacial score (nSPS) is 10.5. The van der Waals surface area contributed by atoms with Crippen molar-refractivity contribution in [1.29, 1.82) is 5.26 Å². The summed E-state index contributed by atoms with van der Waals surface area (Å²) in [5.74, 6) is -0.872. The molecular formula is C13H11Cl2N3O3. The molecule has 0 heterocycles. The van der Waals surface area contributed by atoms with Crippen LogP contribution in [-0.4, -0.2) is 18.6 Å². The number of amides is 2. The van der Waals surface area contributed by atoms with Crippen molar-refractivity contribution < 1.29 is 14.3 Å². The molecule has 0 aromatic heterocycles. The van der Waals surface area contributed by atoms with Crippen LogP contribution in [0.4, 0.5) is 10.5 Å². The van der Waals surface area contributed by atoms with Crippen LogP contribution in [0.25, 0.3) is 0 Å². The maximum absolute atomic E-state index is 11.6. The molecule has 6 nitrogen and oxygen atoms in total. The predicted octanol–water partition coefficient (Wildman–Crippen LogP) is 3.09. The molecule has 0 aliphatic carbocycles. The van der Waals surface area contributed by atoms with E-state index >= 15 is 0 Å². The van der Waals surface area contributed by atoms with E-state index in [0.717, 1.165) is 6.20 Å². The molecule has 8 heteroatoms. The first-order valence-electron chi connectivity index (χ1n) is 5.78. The second-order valence-corrected chi connectivity index (χ2v) is 4.43. The highest BCUT2D eigenvalue weighted by Crippen LogP contribution is 2.25. The highest BCUT2D eigenvalue weighted by atomic mass is 35.5. The van der Waals surface area contributed by atoms with Gasteiger partial charge in [-0.05, 0) is 25.1 Å². The smallest absolute Gasteiger partial charge is 0.414 e. The third-order valence-electron chi connectivity index (χ3n) is 2.16. The summed E-state index contributed by atoms with van der Waals surface area (Å²) < 4.78 is 4.54. The van der Waals surface area contributed by atoms with Crippen LogP contribution in [0.5, 0.6) is 0 Å². The van der Waals surface area contributed by atoms with Crippen molar-refractivity contribution in [3.63, 3.8) is 0 Å². The van der Waals surface area contributed by atoms with Gasteiger partial charge in [-0.1, -0.05) is 23.2 Å². The fourth-order valence-electron chi connectivity index (χ4n) is 1.22. The standard InChI is InChI=1S/C13H11Cl2N3O3/c1-2-21-13(20)18-12(19)8(6-16)7-17-9-3-4-10(14)11(15)5-9/h3-5,7,17H,2H2,1H3,(H,18,19,20)/b8-7-. The summed E-state index contributed by atoms with van der Waals surface area (Å²) in [5.41, 5.74) is 0.232. The summed E-state index contributed by atoms with van der Waals surface area (Å²) in [5, 5.41) is 14.2. The molecular weight excluding hydrogens is 317 g/mol. The van der Waals surface area contributed by atoms with Crippen molar-refractivity contribution in [2.45, 2.75) is 6.92 Å². The Balaban J connectivity index is 2.75. The van der Waals surface area contributed by atoms with Crippen LogP contribution in [0, 0.1) is 11.3 Å². The Morgan fingerprint density at radius 2 is 2.10 bits per heavy atom. The van der Waals surface area contributed by atoms with E-state index in [9.17, 15) is 9.59 Å². The Hall–Kier alpha value is -2.23. The van der Waals surface area contributed by atoms with Gasteiger partial charge in [-0.3, -0.25) is 10.1 Å². The van der Waals surface area contributed by atoms with Gasteiger partial charge in [0.25, 0.3) is 5.91 Å². The molecule has 1 aromatic carbocycles. The number of hydrogen-bond acceptors (Lipinski definition) is 5. The first-order chi connectivity index (χ1) is 9.97. The summed E-state index contributed by atoms with van der Waals surface area (Å²) in [6.45, 7) is 1.71. The van der Waals surface area contributed by atoms with Crippen LogP contribution in [0.1, 0.15) is 6.92 Å². The van der Waals surface area contributed by atoms with E-state index in [1.165, 1.54) is 6.07 Å². The highest BCUT2D eigenvalue weighted by Gasteiger charge is 2.13. The zero-order valence-electron chi connectivity index (χ0n) is 10.9. The number of carbonyl (C=O) groups excluding carboxylic acids is 2. The molecule has 2 amide bonds. The zero-order chi connectivity index (χ0) is 15.8. The number of ether oxygens (including phenoxy) is 1. The fraction of sp³-hybridized carbons (Fsp3) is 0.154. The minimum atomic E-state index is -0.918. The second-order valence-electron chi connectivity index (χ2n) is 3.62. The Kier molecular flexibility index (Phi) is 6.53. The number of anilines is 1.